The Morgan fingerprint density at radius 2 is 1.48 bits per heavy atom. The summed E-state index contributed by atoms with van der Waals surface area (Å²) in [5.41, 5.74) is 2.31. The fourth-order valence-electron chi connectivity index (χ4n) is 1.91. The largest absolute Gasteiger partial charge is 0.326 e. The first-order valence-electron chi connectivity index (χ1n) is 6.91. The maximum absolute atomic E-state index is 12.0. The van der Waals surface area contributed by atoms with Gasteiger partial charge in [-0.3, -0.25) is 9.59 Å². The van der Waals surface area contributed by atoms with Gasteiger partial charge in [0.2, 0.25) is 11.8 Å². The van der Waals surface area contributed by atoms with Gasteiger partial charge in [-0.1, -0.05) is 43.3 Å². The maximum Gasteiger partial charge on any atom is 0.228 e. The Morgan fingerprint density at radius 1 is 0.857 bits per heavy atom. The zero-order valence-corrected chi connectivity index (χ0v) is 11.9. The van der Waals surface area contributed by atoms with E-state index < -0.39 is 0 Å². The van der Waals surface area contributed by atoms with Gasteiger partial charge in [0.15, 0.2) is 0 Å². The third-order valence-corrected chi connectivity index (χ3v) is 2.96. The van der Waals surface area contributed by atoms with E-state index in [-0.39, 0.29) is 11.8 Å². The summed E-state index contributed by atoms with van der Waals surface area (Å²) in [6.07, 6.45) is 0.747. The molecule has 2 N–H and O–H groups in total. The Hall–Kier alpha value is -2.62. The molecule has 2 aromatic carbocycles. The van der Waals surface area contributed by atoms with Gasteiger partial charge in [0.25, 0.3) is 0 Å². The zero-order chi connectivity index (χ0) is 15.1. The average molecular weight is 282 g/mol. The lowest BCUT2D eigenvalue weighted by Gasteiger charge is -2.08. The summed E-state index contributed by atoms with van der Waals surface area (Å²) in [5.74, 6) is -0.136. The van der Waals surface area contributed by atoms with Crippen LogP contribution in [0.3, 0.4) is 0 Å². The molecule has 0 radical (unpaired) electrons. The first-order chi connectivity index (χ1) is 10.2. The molecule has 2 rings (SSSR count). The normalized spacial score (nSPS) is 9.95. The second-order valence-electron chi connectivity index (χ2n) is 4.69. The van der Waals surface area contributed by atoms with E-state index in [1.54, 1.807) is 31.2 Å². The van der Waals surface area contributed by atoms with Crippen LogP contribution in [0.15, 0.2) is 54.6 Å². The molecule has 0 saturated carbocycles. The molecular formula is C17H18N2O2. The molecule has 0 aliphatic heterocycles. The highest BCUT2D eigenvalue weighted by atomic mass is 16.2. The van der Waals surface area contributed by atoms with Crippen LogP contribution in [0.4, 0.5) is 11.4 Å². The highest BCUT2D eigenvalue weighted by Gasteiger charge is 2.05. The van der Waals surface area contributed by atoms with Gasteiger partial charge < -0.3 is 10.6 Å². The summed E-state index contributed by atoms with van der Waals surface area (Å²) in [7, 11) is 0. The quantitative estimate of drug-likeness (QED) is 0.884. The van der Waals surface area contributed by atoms with Crippen molar-refractivity contribution in [2.24, 2.45) is 0 Å². The molecule has 2 aromatic rings. The van der Waals surface area contributed by atoms with E-state index in [0.29, 0.717) is 24.2 Å². The third-order valence-electron chi connectivity index (χ3n) is 2.96. The predicted molar refractivity (Wildman–Crippen MR) is 84.1 cm³/mol. The Kier molecular flexibility index (Phi) is 5.10. The minimum atomic E-state index is -0.0832. The molecule has 0 unspecified atom stereocenters. The second kappa shape index (κ2) is 7.24. The average Bonchev–Trinajstić information content (AvgIpc) is 2.48. The van der Waals surface area contributed by atoms with E-state index in [2.05, 4.69) is 10.6 Å². The predicted octanol–water partition coefficient (Wildman–Crippen LogP) is 3.22. The Morgan fingerprint density at radius 3 is 2.10 bits per heavy atom. The minimum absolute atomic E-state index is 0.0530. The molecule has 4 heteroatoms. The van der Waals surface area contributed by atoms with Gasteiger partial charge in [0.1, 0.15) is 0 Å². The van der Waals surface area contributed by atoms with Crippen LogP contribution in [0, 0.1) is 0 Å². The van der Waals surface area contributed by atoms with E-state index in [9.17, 15) is 9.59 Å². The summed E-state index contributed by atoms with van der Waals surface area (Å²) in [6.45, 7) is 1.79. The number of amides is 2. The smallest absolute Gasteiger partial charge is 0.228 e. The van der Waals surface area contributed by atoms with Crippen molar-refractivity contribution in [1.29, 1.82) is 0 Å². The van der Waals surface area contributed by atoms with Crippen LogP contribution in [0.5, 0.6) is 0 Å². The van der Waals surface area contributed by atoms with Crippen molar-refractivity contribution in [3.05, 3.63) is 60.2 Å². The lowest BCUT2D eigenvalue weighted by molar-refractivity contribution is -0.116. The standard InChI is InChI=1S/C17H18N2O2/c1-2-16(20)18-14-9-6-10-15(12-14)19-17(21)11-13-7-4-3-5-8-13/h3-10,12H,2,11H2,1H3,(H,18,20)(H,19,21). The van der Waals surface area contributed by atoms with Crippen LogP contribution in [0.2, 0.25) is 0 Å². The number of benzene rings is 2. The van der Waals surface area contributed by atoms with Crippen LogP contribution in [-0.4, -0.2) is 11.8 Å². The number of carbonyl (C=O) groups is 2. The van der Waals surface area contributed by atoms with Gasteiger partial charge in [-0.15, -0.1) is 0 Å². The molecule has 0 atom stereocenters. The molecule has 0 heterocycles. The molecule has 0 fully saturated rings. The van der Waals surface area contributed by atoms with E-state index >= 15 is 0 Å². The molecular weight excluding hydrogens is 264 g/mol. The van der Waals surface area contributed by atoms with Gasteiger partial charge in [-0.2, -0.15) is 0 Å². The van der Waals surface area contributed by atoms with E-state index in [1.807, 2.05) is 30.3 Å². The topological polar surface area (TPSA) is 58.2 Å². The monoisotopic (exact) mass is 282 g/mol. The number of nitrogens with one attached hydrogen (secondary N) is 2. The summed E-state index contributed by atoms with van der Waals surface area (Å²) >= 11 is 0. The lowest BCUT2D eigenvalue weighted by Crippen LogP contribution is -2.15. The van der Waals surface area contributed by atoms with Gasteiger partial charge >= 0.3 is 0 Å². The van der Waals surface area contributed by atoms with Crippen LogP contribution < -0.4 is 10.6 Å². The molecule has 21 heavy (non-hydrogen) atoms. The number of hydrogen-bond donors (Lipinski definition) is 2. The number of carbonyl (C=O) groups excluding carboxylic acids is 2. The Bertz CT molecular complexity index is 624. The molecule has 0 saturated heterocycles. The number of rotatable bonds is 5. The first kappa shape index (κ1) is 14.8. The van der Waals surface area contributed by atoms with Crippen molar-refractivity contribution in [1.82, 2.24) is 0 Å². The fourth-order valence-corrected chi connectivity index (χ4v) is 1.91. The Balaban J connectivity index is 1.97. The molecule has 108 valence electrons. The molecule has 0 aliphatic rings. The fraction of sp³-hybridized carbons (Fsp3) is 0.176. The van der Waals surface area contributed by atoms with Crippen molar-refractivity contribution in [3.63, 3.8) is 0 Å². The molecule has 4 nitrogen and oxygen atoms in total. The zero-order valence-electron chi connectivity index (χ0n) is 11.9. The van der Waals surface area contributed by atoms with Gasteiger partial charge in [-0.25, -0.2) is 0 Å². The second-order valence-corrected chi connectivity index (χ2v) is 4.69. The molecule has 0 aliphatic carbocycles. The van der Waals surface area contributed by atoms with Crippen molar-refractivity contribution < 1.29 is 9.59 Å². The summed E-state index contributed by atoms with van der Waals surface area (Å²) in [5, 5.41) is 5.60. The summed E-state index contributed by atoms with van der Waals surface area (Å²) in [6, 6.07) is 16.7. The number of hydrogen-bond acceptors (Lipinski definition) is 2. The van der Waals surface area contributed by atoms with E-state index in [4.69, 9.17) is 0 Å². The Labute approximate surface area is 124 Å². The van der Waals surface area contributed by atoms with E-state index in [1.165, 1.54) is 0 Å². The van der Waals surface area contributed by atoms with Crippen molar-refractivity contribution >= 4 is 23.2 Å². The first-order valence-corrected chi connectivity index (χ1v) is 6.91. The SMILES string of the molecule is CCC(=O)Nc1cccc(NC(=O)Cc2ccccc2)c1. The lowest BCUT2D eigenvalue weighted by atomic mass is 10.1. The van der Waals surface area contributed by atoms with Crippen LogP contribution in [-0.2, 0) is 16.0 Å². The molecule has 0 spiro atoms. The summed E-state index contributed by atoms with van der Waals surface area (Å²) < 4.78 is 0. The third kappa shape index (κ3) is 4.76. The van der Waals surface area contributed by atoms with Crippen LogP contribution >= 0.6 is 0 Å². The highest BCUT2D eigenvalue weighted by molar-refractivity contribution is 5.94. The van der Waals surface area contributed by atoms with Crippen molar-refractivity contribution in [2.75, 3.05) is 10.6 Å². The molecule has 0 aromatic heterocycles. The molecule has 2 amide bonds. The van der Waals surface area contributed by atoms with Gasteiger partial charge in [-0.05, 0) is 23.8 Å². The van der Waals surface area contributed by atoms with Crippen molar-refractivity contribution in [3.8, 4) is 0 Å². The minimum Gasteiger partial charge on any atom is -0.326 e. The highest BCUT2D eigenvalue weighted by Crippen LogP contribution is 2.15. The summed E-state index contributed by atoms with van der Waals surface area (Å²) in [4.78, 5) is 23.3. The molecule has 0 bridgehead atoms. The van der Waals surface area contributed by atoms with Crippen molar-refractivity contribution in [2.45, 2.75) is 19.8 Å². The van der Waals surface area contributed by atoms with Gasteiger partial charge in [0.05, 0.1) is 6.42 Å². The number of anilines is 2. The maximum atomic E-state index is 12.0. The van der Waals surface area contributed by atoms with E-state index in [0.717, 1.165) is 5.56 Å². The van der Waals surface area contributed by atoms with Crippen LogP contribution in [0.1, 0.15) is 18.9 Å². The van der Waals surface area contributed by atoms with Crippen LogP contribution in [0.25, 0.3) is 0 Å². The van der Waals surface area contributed by atoms with Gasteiger partial charge in [0, 0.05) is 17.8 Å².